The largest absolute Gasteiger partial charge is 0.495 e. The number of methoxy groups -OCH3 is 1. The van der Waals surface area contributed by atoms with Crippen LogP contribution in [0, 0.1) is 11.6 Å². The number of benzene rings is 4. The zero-order valence-electron chi connectivity index (χ0n) is 22.4. The van der Waals surface area contributed by atoms with Gasteiger partial charge in [-0.15, -0.1) is 0 Å². The molecule has 210 valence electrons. The van der Waals surface area contributed by atoms with Crippen molar-refractivity contribution in [1.29, 1.82) is 0 Å². The summed E-state index contributed by atoms with van der Waals surface area (Å²) >= 11 is 0. The van der Waals surface area contributed by atoms with Crippen LogP contribution in [0.25, 0.3) is 27.7 Å². The molecule has 4 aromatic carbocycles. The Morgan fingerprint density at radius 3 is 2.37 bits per heavy atom. The molecule has 0 spiro atoms. The first-order chi connectivity index (χ1) is 19.5. The summed E-state index contributed by atoms with van der Waals surface area (Å²) in [6.07, 6.45) is 0. The number of para-hydroxylation sites is 1. The summed E-state index contributed by atoms with van der Waals surface area (Å²) < 4.78 is 62.8. The van der Waals surface area contributed by atoms with Crippen LogP contribution in [0.1, 0.15) is 25.3 Å². The quantitative estimate of drug-likeness (QED) is 0.251. The normalized spacial score (nSPS) is 11.7. The lowest BCUT2D eigenvalue weighted by molar-refractivity contribution is 0.403. The van der Waals surface area contributed by atoms with Crippen LogP contribution in [0.2, 0.25) is 0 Å². The highest BCUT2D eigenvalue weighted by atomic mass is 32.2. The third-order valence-electron chi connectivity index (χ3n) is 6.66. The van der Waals surface area contributed by atoms with E-state index in [2.05, 4.69) is 9.71 Å². The SMILES string of the molecule is COc1ccc(-c2ccc3nc(N)n(-c4ccccc4C(C)C)c(=O)c3c2)cc1S(=O)(=O)Nc1ccc(F)cc1F. The number of ether oxygens (including phenoxy) is 1. The fourth-order valence-electron chi connectivity index (χ4n) is 4.63. The summed E-state index contributed by atoms with van der Waals surface area (Å²) in [5.41, 5.74) is 8.34. The lowest BCUT2D eigenvalue weighted by atomic mass is 10.0. The average Bonchev–Trinajstić information content (AvgIpc) is 2.94. The first-order valence-corrected chi connectivity index (χ1v) is 14.1. The van der Waals surface area contributed by atoms with Crippen LogP contribution in [-0.4, -0.2) is 25.1 Å². The molecule has 0 saturated heterocycles. The third-order valence-corrected chi connectivity index (χ3v) is 8.04. The molecule has 0 fully saturated rings. The Labute approximate surface area is 235 Å². The number of nitrogen functional groups attached to an aromatic ring is 1. The molecule has 0 saturated carbocycles. The number of fused-ring (bicyclic) bond motifs is 1. The van der Waals surface area contributed by atoms with Crippen LogP contribution in [0.3, 0.4) is 0 Å². The Bertz CT molecular complexity index is 1970. The van der Waals surface area contributed by atoms with Gasteiger partial charge in [-0.3, -0.25) is 9.52 Å². The van der Waals surface area contributed by atoms with Gasteiger partial charge in [-0.25, -0.2) is 26.7 Å². The van der Waals surface area contributed by atoms with Crippen molar-refractivity contribution in [1.82, 2.24) is 9.55 Å². The van der Waals surface area contributed by atoms with Crippen LogP contribution in [0.5, 0.6) is 5.75 Å². The molecule has 1 heterocycles. The molecular weight excluding hydrogens is 550 g/mol. The highest BCUT2D eigenvalue weighted by Gasteiger charge is 2.23. The predicted octanol–water partition coefficient (Wildman–Crippen LogP) is 5.85. The van der Waals surface area contributed by atoms with Gasteiger partial charge in [0.05, 0.1) is 29.4 Å². The fraction of sp³-hybridized carbons (Fsp3) is 0.133. The van der Waals surface area contributed by atoms with E-state index in [0.717, 1.165) is 17.7 Å². The van der Waals surface area contributed by atoms with E-state index in [1.165, 1.54) is 23.8 Å². The van der Waals surface area contributed by atoms with Gasteiger partial charge >= 0.3 is 0 Å². The minimum absolute atomic E-state index is 0.00615. The van der Waals surface area contributed by atoms with E-state index >= 15 is 0 Å². The molecule has 0 atom stereocenters. The molecule has 0 radical (unpaired) electrons. The van der Waals surface area contributed by atoms with Crippen molar-refractivity contribution in [2.24, 2.45) is 0 Å². The Hall–Kier alpha value is -4.77. The van der Waals surface area contributed by atoms with Crippen molar-refractivity contribution in [3.63, 3.8) is 0 Å². The molecule has 0 unspecified atom stereocenters. The number of hydrogen-bond donors (Lipinski definition) is 2. The first kappa shape index (κ1) is 27.8. The van der Waals surface area contributed by atoms with E-state index in [0.29, 0.717) is 28.4 Å². The maximum absolute atomic E-state index is 14.2. The first-order valence-electron chi connectivity index (χ1n) is 12.6. The molecule has 1 aromatic heterocycles. The van der Waals surface area contributed by atoms with Crippen LogP contribution in [-0.2, 0) is 10.0 Å². The summed E-state index contributed by atoms with van der Waals surface area (Å²) in [6.45, 7) is 4.03. The molecular formula is C30H26F2N4O4S. The Morgan fingerprint density at radius 1 is 0.951 bits per heavy atom. The topological polar surface area (TPSA) is 116 Å². The number of hydrogen-bond acceptors (Lipinski definition) is 6. The predicted molar refractivity (Wildman–Crippen MR) is 155 cm³/mol. The van der Waals surface area contributed by atoms with E-state index < -0.39 is 27.3 Å². The molecule has 8 nitrogen and oxygen atoms in total. The highest BCUT2D eigenvalue weighted by Crippen LogP contribution is 2.33. The number of nitrogens with two attached hydrogens (primary N) is 1. The number of anilines is 2. The molecule has 0 amide bonds. The van der Waals surface area contributed by atoms with E-state index in [4.69, 9.17) is 10.5 Å². The van der Waals surface area contributed by atoms with Crippen molar-refractivity contribution in [3.8, 4) is 22.6 Å². The number of aromatic nitrogens is 2. The maximum Gasteiger partial charge on any atom is 0.267 e. The zero-order chi connectivity index (χ0) is 29.5. The Balaban J connectivity index is 1.63. The smallest absolute Gasteiger partial charge is 0.267 e. The Morgan fingerprint density at radius 2 is 1.66 bits per heavy atom. The second kappa shape index (κ2) is 10.7. The second-order valence-electron chi connectivity index (χ2n) is 9.65. The van der Waals surface area contributed by atoms with Crippen LogP contribution in [0.15, 0.2) is 88.6 Å². The van der Waals surface area contributed by atoms with Gasteiger partial charge in [-0.2, -0.15) is 0 Å². The van der Waals surface area contributed by atoms with Crippen LogP contribution >= 0.6 is 0 Å². The van der Waals surface area contributed by atoms with Crippen molar-refractivity contribution < 1.29 is 21.9 Å². The summed E-state index contributed by atoms with van der Waals surface area (Å²) in [4.78, 5) is 17.9. The zero-order valence-corrected chi connectivity index (χ0v) is 23.2. The van der Waals surface area contributed by atoms with Crippen molar-refractivity contribution in [3.05, 3.63) is 106 Å². The molecule has 11 heteroatoms. The molecule has 41 heavy (non-hydrogen) atoms. The monoisotopic (exact) mass is 576 g/mol. The molecule has 0 aliphatic heterocycles. The lowest BCUT2D eigenvalue weighted by Gasteiger charge is -2.17. The second-order valence-corrected chi connectivity index (χ2v) is 11.3. The van der Waals surface area contributed by atoms with Crippen molar-refractivity contribution in [2.45, 2.75) is 24.7 Å². The Kier molecular flexibility index (Phi) is 7.22. The van der Waals surface area contributed by atoms with Gasteiger partial charge in [0.1, 0.15) is 22.3 Å². The van der Waals surface area contributed by atoms with Crippen LogP contribution < -0.4 is 20.8 Å². The van der Waals surface area contributed by atoms with Gasteiger partial charge in [0.15, 0.2) is 0 Å². The van der Waals surface area contributed by atoms with Gasteiger partial charge in [-0.1, -0.05) is 44.2 Å². The molecule has 3 N–H and O–H groups in total. The molecule has 0 aliphatic carbocycles. The number of sulfonamides is 1. The minimum Gasteiger partial charge on any atom is -0.495 e. The van der Waals surface area contributed by atoms with Gasteiger partial charge in [0.2, 0.25) is 5.95 Å². The summed E-state index contributed by atoms with van der Waals surface area (Å²) in [5.74, 6) is -1.74. The lowest BCUT2D eigenvalue weighted by Crippen LogP contribution is -2.24. The van der Waals surface area contributed by atoms with E-state index in [1.807, 2.05) is 38.1 Å². The maximum atomic E-state index is 14.2. The molecule has 0 bridgehead atoms. The number of halogens is 2. The van der Waals surface area contributed by atoms with E-state index in [1.54, 1.807) is 24.3 Å². The number of nitrogens with one attached hydrogen (secondary N) is 1. The molecule has 0 aliphatic rings. The highest BCUT2D eigenvalue weighted by molar-refractivity contribution is 7.92. The van der Waals surface area contributed by atoms with Gasteiger partial charge in [-0.05, 0) is 65.1 Å². The summed E-state index contributed by atoms with van der Waals surface area (Å²) in [6, 6.07) is 19.3. The van der Waals surface area contributed by atoms with Crippen molar-refractivity contribution >= 4 is 32.6 Å². The number of nitrogens with zero attached hydrogens (tertiary/aromatic N) is 2. The molecule has 5 rings (SSSR count). The standard InChI is InChI=1S/C30H26F2N4O4S/c1-17(2)21-6-4-5-7-26(21)36-29(37)22-14-18(8-11-24(22)34-30(36)33)19-9-13-27(40-3)28(15-19)41(38,39)35-25-12-10-20(31)16-23(25)32/h4-17,35H,1-3H3,(H2,33,34). The van der Waals surface area contributed by atoms with Crippen LogP contribution in [0.4, 0.5) is 20.4 Å². The molecule has 5 aromatic rings. The van der Waals surface area contributed by atoms with Gasteiger partial charge in [0.25, 0.3) is 15.6 Å². The average molecular weight is 577 g/mol. The van der Waals surface area contributed by atoms with E-state index in [-0.39, 0.29) is 33.5 Å². The van der Waals surface area contributed by atoms with Crippen molar-refractivity contribution in [2.75, 3.05) is 17.6 Å². The third kappa shape index (κ3) is 5.23. The van der Waals surface area contributed by atoms with Gasteiger partial charge < -0.3 is 10.5 Å². The summed E-state index contributed by atoms with van der Waals surface area (Å²) in [5, 5.41) is 0.280. The fourth-order valence-corrected chi connectivity index (χ4v) is 5.90. The van der Waals surface area contributed by atoms with E-state index in [9.17, 15) is 22.0 Å². The minimum atomic E-state index is -4.37. The summed E-state index contributed by atoms with van der Waals surface area (Å²) in [7, 11) is -3.06. The van der Waals surface area contributed by atoms with Gasteiger partial charge in [0, 0.05) is 6.07 Å². The number of rotatable bonds is 7.